The molecule has 2 aromatic rings. The molecule has 0 aromatic heterocycles. The minimum atomic E-state index is -4.59. The highest BCUT2D eigenvalue weighted by Crippen LogP contribution is 2.35. The number of para-hydroxylation sites is 2. The number of benzene rings is 2. The maximum atomic E-state index is 13.0. The van der Waals surface area contributed by atoms with Gasteiger partial charge in [-0.25, -0.2) is 4.99 Å². The maximum absolute atomic E-state index is 13.0. The standard InChI is InChI=1S/C19H16F3N3O2S/c1-11-6-2-4-8-13(11)24-18-25-17(27)15(28-18)10-16(26)23-14-9-5-3-7-12(14)19(20,21)22/h2-9,15H,10H2,1H3,(H,23,26)(H,24,25,27). The van der Waals surface area contributed by atoms with Crippen molar-refractivity contribution >= 4 is 40.1 Å². The molecule has 1 aliphatic heterocycles. The van der Waals surface area contributed by atoms with Gasteiger partial charge in [-0.05, 0) is 30.7 Å². The van der Waals surface area contributed by atoms with Crippen LogP contribution in [0.15, 0.2) is 53.5 Å². The van der Waals surface area contributed by atoms with Crippen LogP contribution in [-0.2, 0) is 15.8 Å². The Kier molecular flexibility index (Phi) is 5.73. The Morgan fingerprint density at radius 1 is 1.18 bits per heavy atom. The van der Waals surface area contributed by atoms with Gasteiger partial charge in [0.05, 0.1) is 16.9 Å². The smallest absolute Gasteiger partial charge is 0.325 e. The summed E-state index contributed by atoms with van der Waals surface area (Å²) in [6.07, 6.45) is -4.85. The van der Waals surface area contributed by atoms with Crippen LogP contribution in [0.1, 0.15) is 17.5 Å². The fourth-order valence-corrected chi connectivity index (χ4v) is 3.58. The minimum absolute atomic E-state index is 0.268. The van der Waals surface area contributed by atoms with Crippen LogP contribution in [0, 0.1) is 6.92 Å². The van der Waals surface area contributed by atoms with Gasteiger partial charge in [0.2, 0.25) is 11.8 Å². The average molecular weight is 407 g/mol. The summed E-state index contributed by atoms with van der Waals surface area (Å²) in [6, 6.07) is 12.1. The summed E-state index contributed by atoms with van der Waals surface area (Å²) in [7, 11) is 0. The molecular weight excluding hydrogens is 391 g/mol. The lowest BCUT2D eigenvalue weighted by molar-refractivity contribution is -0.137. The molecule has 0 saturated carbocycles. The van der Waals surface area contributed by atoms with Crippen LogP contribution in [-0.4, -0.2) is 22.2 Å². The number of halogens is 3. The highest BCUT2D eigenvalue weighted by atomic mass is 32.2. The maximum Gasteiger partial charge on any atom is 0.418 e. The first-order valence-electron chi connectivity index (χ1n) is 8.32. The molecule has 0 bridgehead atoms. The van der Waals surface area contributed by atoms with Crippen molar-refractivity contribution < 1.29 is 22.8 Å². The minimum Gasteiger partial charge on any atom is -0.325 e. The van der Waals surface area contributed by atoms with Crippen LogP contribution >= 0.6 is 11.8 Å². The molecule has 1 atom stereocenters. The van der Waals surface area contributed by atoms with E-state index in [4.69, 9.17) is 0 Å². The van der Waals surface area contributed by atoms with Gasteiger partial charge in [-0.15, -0.1) is 0 Å². The Balaban J connectivity index is 1.67. The van der Waals surface area contributed by atoms with Gasteiger partial charge in [0.15, 0.2) is 5.17 Å². The Labute approximate surface area is 163 Å². The molecule has 1 aliphatic rings. The first kappa shape index (κ1) is 19.9. The molecule has 1 heterocycles. The predicted octanol–water partition coefficient (Wildman–Crippen LogP) is 4.26. The normalized spacial score (nSPS) is 18.2. The third kappa shape index (κ3) is 4.72. The summed E-state index contributed by atoms with van der Waals surface area (Å²) in [5, 5.41) is 4.44. The molecule has 0 radical (unpaired) electrons. The molecule has 0 aliphatic carbocycles. The number of nitrogens with zero attached hydrogens (tertiary/aromatic N) is 1. The van der Waals surface area contributed by atoms with Gasteiger partial charge in [-0.3, -0.25) is 9.59 Å². The molecule has 2 amide bonds. The number of carbonyl (C=O) groups is 2. The van der Waals surface area contributed by atoms with Crippen LogP contribution in [0.4, 0.5) is 24.5 Å². The molecule has 3 rings (SSSR count). The number of hydrogen-bond acceptors (Lipinski definition) is 4. The number of aryl methyl sites for hydroxylation is 1. The summed E-state index contributed by atoms with van der Waals surface area (Å²) in [4.78, 5) is 28.7. The van der Waals surface area contributed by atoms with Gasteiger partial charge < -0.3 is 10.6 Å². The fraction of sp³-hybridized carbons (Fsp3) is 0.211. The quantitative estimate of drug-likeness (QED) is 0.796. The number of alkyl halides is 3. The molecule has 2 N–H and O–H groups in total. The van der Waals surface area contributed by atoms with E-state index in [0.29, 0.717) is 10.9 Å². The highest BCUT2D eigenvalue weighted by molar-refractivity contribution is 8.15. The molecule has 0 spiro atoms. The number of rotatable bonds is 4. The number of amidine groups is 1. The molecule has 2 aromatic carbocycles. The van der Waals surface area contributed by atoms with E-state index in [0.717, 1.165) is 23.4 Å². The van der Waals surface area contributed by atoms with Crippen LogP contribution in [0.2, 0.25) is 0 Å². The zero-order chi connectivity index (χ0) is 20.3. The third-order valence-electron chi connectivity index (χ3n) is 3.99. The second-order valence-corrected chi connectivity index (χ2v) is 7.29. The zero-order valence-electron chi connectivity index (χ0n) is 14.7. The van der Waals surface area contributed by atoms with Crippen LogP contribution < -0.4 is 10.6 Å². The van der Waals surface area contributed by atoms with Crippen molar-refractivity contribution in [2.45, 2.75) is 24.8 Å². The summed E-state index contributed by atoms with van der Waals surface area (Å²) >= 11 is 1.08. The first-order valence-corrected chi connectivity index (χ1v) is 9.20. The predicted molar refractivity (Wildman–Crippen MR) is 102 cm³/mol. The van der Waals surface area contributed by atoms with Crippen LogP contribution in [0.3, 0.4) is 0 Å². The van der Waals surface area contributed by atoms with Crippen LogP contribution in [0.5, 0.6) is 0 Å². The Morgan fingerprint density at radius 2 is 1.86 bits per heavy atom. The van der Waals surface area contributed by atoms with Crippen molar-refractivity contribution in [1.29, 1.82) is 0 Å². The topological polar surface area (TPSA) is 70.6 Å². The van der Waals surface area contributed by atoms with Gasteiger partial charge in [0, 0.05) is 6.42 Å². The lowest BCUT2D eigenvalue weighted by Crippen LogP contribution is -2.28. The van der Waals surface area contributed by atoms with Crippen molar-refractivity contribution in [2.24, 2.45) is 4.99 Å². The van der Waals surface area contributed by atoms with Gasteiger partial charge in [0.1, 0.15) is 5.25 Å². The third-order valence-corrected chi connectivity index (χ3v) is 5.07. The highest BCUT2D eigenvalue weighted by Gasteiger charge is 2.35. The number of anilines is 1. The average Bonchev–Trinajstić information content (AvgIpc) is 2.95. The first-order chi connectivity index (χ1) is 13.2. The lowest BCUT2D eigenvalue weighted by Gasteiger charge is -2.14. The van der Waals surface area contributed by atoms with E-state index < -0.39 is 28.8 Å². The molecule has 146 valence electrons. The Bertz CT molecular complexity index is 944. The fourth-order valence-electron chi connectivity index (χ4n) is 2.60. The summed E-state index contributed by atoms with van der Waals surface area (Å²) in [6.45, 7) is 1.88. The van der Waals surface area contributed by atoms with Gasteiger partial charge in [-0.2, -0.15) is 13.2 Å². The van der Waals surface area contributed by atoms with Crippen molar-refractivity contribution in [3.63, 3.8) is 0 Å². The van der Waals surface area contributed by atoms with E-state index in [9.17, 15) is 22.8 Å². The second-order valence-electron chi connectivity index (χ2n) is 6.09. The van der Waals surface area contributed by atoms with Gasteiger partial charge >= 0.3 is 6.18 Å². The molecule has 1 saturated heterocycles. The lowest BCUT2D eigenvalue weighted by atomic mass is 10.1. The zero-order valence-corrected chi connectivity index (χ0v) is 15.5. The van der Waals surface area contributed by atoms with Gasteiger partial charge in [0.25, 0.3) is 0 Å². The summed E-state index contributed by atoms with van der Waals surface area (Å²) in [5.74, 6) is -1.09. The van der Waals surface area contributed by atoms with E-state index in [1.54, 1.807) is 6.07 Å². The van der Waals surface area contributed by atoms with Crippen molar-refractivity contribution in [3.05, 3.63) is 59.7 Å². The van der Waals surface area contributed by atoms with Crippen molar-refractivity contribution in [1.82, 2.24) is 5.32 Å². The number of amides is 2. The molecule has 9 heteroatoms. The summed E-state index contributed by atoms with van der Waals surface area (Å²) in [5.41, 5.74) is 0.343. The number of carbonyl (C=O) groups excluding carboxylic acids is 2. The number of thioether (sulfide) groups is 1. The van der Waals surface area contributed by atoms with E-state index in [1.807, 2.05) is 25.1 Å². The Hall–Kier alpha value is -2.81. The van der Waals surface area contributed by atoms with Gasteiger partial charge in [-0.1, -0.05) is 42.1 Å². The van der Waals surface area contributed by atoms with E-state index in [2.05, 4.69) is 15.6 Å². The second kappa shape index (κ2) is 8.05. The monoisotopic (exact) mass is 407 g/mol. The Morgan fingerprint density at radius 3 is 2.57 bits per heavy atom. The van der Waals surface area contributed by atoms with Crippen molar-refractivity contribution in [3.8, 4) is 0 Å². The van der Waals surface area contributed by atoms with E-state index >= 15 is 0 Å². The molecule has 1 fully saturated rings. The molecule has 5 nitrogen and oxygen atoms in total. The molecule has 1 unspecified atom stereocenters. The SMILES string of the molecule is Cc1ccccc1N=C1NC(=O)C(CC(=O)Nc2ccccc2C(F)(F)F)S1. The molecule has 28 heavy (non-hydrogen) atoms. The molecular formula is C19H16F3N3O2S. The van der Waals surface area contributed by atoms with E-state index in [1.165, 1.54) is 18.2 Å². The number of hydrogen-bond donors (Lipinski definition) is 2. The van der Waals surface area contributed by atoms with Crippen molar-refractivity contribution in [2.75, 3.05) is 5.32 Å². The number of aliphatic imine (C=N–C) groups is 1. The van der Waals surface area contributed by atoms with Crippen LogP contribution in [0.25, 0.3) is 0 Å². The largest absolute Gasteiger partial charge is 0.418 e. The number of nitrogens with one attached hydrogen (secondary N) is 2. The van der Waals surface area contributed by atoms with E-state index in [-0.39, 0.29) is 12.1 Å². The summed E-state index contributed by atoms with van der Waals surface area (Å²) < 4.78 is 39.1.